The van der Waals surface area contributed by atoms with Gasteiger partial charge in [0.2, 0.25) is 0 Å². The van der Waals surface area contributed by atoms with Crippen molar-refractivity contribution in [3.63, 3.8) is 0 Å². The standard InChI is InChI=1S/C12H14N2/c1-14(8-7-13)12-6-5-10-3-2-4-11(10)9-12/h5-6,9H,2-4,8H2,1H3. The maximum Gasteiger partial charge on any atom is 0.105 e. The molecule has 1 aliphatic rings. The molecule has 0 unspecified atom stereocenters. The number of nitriles is 1. The van der Waals surface area contributed by atoms with Crippen LogP contribution >= 0.6 is 0 Å². The van der Waals surface area contributed by atoms with Gasteiger partial charge < -0.3 is 4.90 Å². The number of anilines is 1. The molecule has 1 aromatic carbocycles. The maximum atomic E-state index is 8.60. The Morgan fingerprint density at radius 1 is 1.36 bits per heavy atom. The van der Waals surface area contributed by atoms with E-state index in [1.807, 2.05) is 11.9 Å². The van der Waals surface area contributed by atoms with Gasteiger partial charge in [-0.25, -0.2) is 0 Å². The van der Waals surface area contributed by atoms with Gasteiger partial charge >= 0.3 is 0 Å². The highest BCUT2D eigenvalue weighted by Crippen LogP contribution is 2.26. The van der Waals surface area contributed by atoms with Gasteiger partial charge in [0.25, 0.3) is 0 Å². The predicted molar refractivity (Wildman–Crippen MR) is 57.4 cm³/mol. The van der Waals surface area contributed by atoms with E-state index in [9.17, 15) is 0 Å². The fraction of sp³-hybridized carbons (Fsp3) is 0.417. The zero-order valence-electron chi connectivity index (χ0n) is 8.45. The van der Waals surface area contributed by atoms with E-state index in [-0.39, 0.29) is 0 Å². The lowest BCUT2D eigenvalue weighted by Gasteiger charge is -2.16. The number of nitrogens with zero attached hydrogens (tertiary/aromatic N) is 2. The molecule has 0 saturated heterocycles. The van der Waals surface area contributed by atoms with E-state index in [0.717, 1.165) is 5.69 Å². The molecule has 0 radical (unpaired) electrons. The van der Waals surface area contributed by atoms with Crippen LogP contribution in [-0.4, -0.2) is 13.6 Å². The molecule has 0 heterocycles. The van der Waals surface area contributed by atoms with Gasteiger partial charge in [0, 0.05) is 12.7 Å². The van der Waals surface area contributed by atoms with Crippen molar-refractivity contribution in [1.82, 2.24) is 0 Å². The minimum absolute atomic E-state index is 0.457. The van der Waals surface area contributed by atoms with Crippen LogP contribution in [0, 0.1) is 11.3 Å². The zero-order valence-corrected chi connectivity index (χ0v) is 8.45. The molecule has 0 spiro atoms. The summed E-state index contributed by atoms with van der Waals surface area (Å²) in [5, 5.41) is 8.60. The first-order chi connectivity index (χ1) is 6.81. The summed E-state index contributed by atoms with van der Waals surface area (Å²) >= 11 is 0. The van der Waals surface area contributed by atoms with Crippen molar-refractivity contribution in [2.24, 2.45) is 0 Å². The number of fused-ring (bicyclic) bond motifs is 1. The van der Waals surface area contributed by atoms with Crippen molar-refractivity contribution in [3.05, 3.63) is 29.3 Å². The highest BCUT2D eigenvalue weighted by Gasteiger charge is 2.11. The molecule has 2 rings (SSSR count). The van der Waals surface area contributed by atoms with Crippen LogP contribution in [0.4, 0.5) is 5.69 Å². The highest BCUT2D eigenvalue weighted by atomic mass is 15.1. The van der Waals surface area contributed by atoms with E-state index < -0.39 is 0 Å². The van der Waals surface area contributed by atoms with Crippen molar-refractivity contribution >= 4 is 5.69 Å². The maximum absolute atomic E-state index is 8.60. The Kier molecular flexibility index (Phi) is 2.41. The van der Waals surface area contributed by atoms with E-state index in [1.165, 1.54) is 30.4 Å². The van der Waals surface area contributed by atoms with Gasteiger partial charge in [-0.2, -0.15) is 5.26 Å². The molecule has 2 nitrogen and oxygen atoms in total. The molecule has 0 aliphatic heterocycles. The summed E-state index contributed by atoms with van der Waals surface area (Å²) in [4.78, 5) is 1.98. The van der Waals surface area contributed by atoms with Crippen molar-refractivity contribution < 1.29 is 0 Å². The van der Waals surface area contributed by atoms with Gasteiger partial charge in [0.15, 0.2) is 0 Å². The molecular formula is C12H14N2. The topological polar surface area (TPSA) is 27.0 Å². The van der Waals surface area contributed by atoms with E-state index in [0.29, 0.717) is 6.54 Å². The first kappa shape index (κ1) is 9.08. The number of aryl methyl sites for hydroxylation is 2. The third kappa shape index (κ3) is 1.58. The second-order valence-electron chi connectivity index (χ2n) is 3.82. The molecule has 72 valence electrons. The molecule has 0 N–H and O–H groups in total. The molecule has 0 saturated carbocycles. The third-order valence-corrected chi connectivity index (χ3v) is 2.83. The molecule has 1 aliphatic carbocycles. The highest BCUT2D eigenvalue weighted by molar-refractivity contribution is 5.52. The van der Waals surface area contributed by atoms with Gasteiger partial charge in [0.1, 0.15) is 6.54 Å². The fourth-order valence-corrected chi connectivity index (χ4v) is 1.99. The van der Waals surface area contributed by atoms with Crippen LogP contribution in [0.5, 0.6) is 0 Å². The second-order valence-corrected chi connectivity index (χ2v) is 3.82. The molecule has 0 bridgehead atoms. The van der Waals surface area contributed by atoms with Crippen LogP contribution in [0.3, 0.4) is 0 Å². The average molecular weight is 186 g/mol. The quantitative estimate of drug-likeness (QED) is 0.662. The molecule has 0 aromatic heterocycles. The Morgan fingerprint density at radius 2 is 2.14 bits per heavy atom. The van der Waals surface area contributed by atoms with Gasteiger partial charge in [-0.05, 0) is 42.5 Å². The molecule has 14 heavy (non-hydrogen) atoms. The lowest BCUT2D eigenvalue weighted by atomic mass is 10.1. The minimum Gasteiger partial charge on any atom is -0.361 e. The Morgan fingerprint density at radius 3 is 2.93 bits per heavy atom. The first-order valence-corrected chi connectivity index (χ1v) is 5.01. The summed E-state index contributed by atoms with van der Waals surface area (Å²) in [7, 11) is 1.96. The molecular weight excluding hydrogens is 172 g/mol. The Hall–Kier alpha value is -1.49. The molecule has 0 atom stereocenters. The number of benzene rings is 1. The van der Waals surface area contributed by atoms with Crippen molar-refractivity contribution in [1.29, 1.82) is 5.26 Å². The van der Waals surface area contributed by atoms with E-state index in [2.05, 4.69) is 24.3 Å². The van der Waals surface area contributed by atoms with Gasteiger partial charge in [0.05, 0.1) is 6.07 Å². The van der Waals surface area contributed by atoms with Crippen LogP contribution in [0.25, 0.3) is 0 Å². The van der Waals surface area contributed by atoms with Crippen molar-refractivity contribution in [2.45, 2.75) is 19.3 Å². The largest absolute Gasteiger partial charge is 0.361 e. The average Bonchev–Trinajstić information content (AvgIpc) is 2.64. The van der Waals surface area contributed by atoms with Crippen LogP contribution < -0.4 is 4.90 Å². The molecule has 0 amide bonds. The van der Waals surface area contributed by atoms with Gasteiger partial charge in [-0.1, -0.05) is 6.07 Å². The smallest absolute Gasteiger partial charge is 0.105 e. The number of rotatable bonds is 2. The summed E-state index contributed by atoms with van der Waals surface area (Å²) in [6.07, 6.45) is 3.70. The monoisotopic (exact) mass is 186 g/mol. The zero-order chi connectivity index (χ0) is 9.97. The van der Waals surface area contributed by atoms with Gasteiger partial charge in [-0.15, -0.1) is 0 Å². The summed E-state index contributed by atoms with van der Waals surface area (Å²) in [5.41, 5.74) is 4.11. The van der Waals surface area contributed by atoms with Crippen LogP contribution in [0.1, 0.15) is 17.5 Å². The van der Waals surface area contributed by atoms with Crippen LogP contribution in [-0.2, 0) is 12.8 Å². The second kappa shape index (κ2) is 3.71. The summed E-state index contributed by atoms with van der Waals surface area (Å²) < 4.78 is 0. The van der Waals surface area contributed by atoms with E-state index >= 15 is 0 Å². The number of hydrogen-bond donors (Lipinski definition) is 0. The van der Waals surface area contributed by atoms with Crippen molar-refractivity contribution in [3.8, 4) is 6.07 Å². The fourth-order valence-electron chi connectivity index (χ4n) is 1.99. The lowest BCUT2D eigenvalue weighted by molar-refractivity contribution is 0.911. The first-order valence-electron chi connectivity index (χ1n) is 5.01. The van der Waals surface area contributed by atoms with Crippen LogP contribution in [0.2, 0.25) is 0 Å². The molecule has 1 aromatic rings. The summed E-state index contributed by atoms with van der Waals surface area (Å²) in [6.45, 7) is 0.457. The minimum atomic E-state index is 0.457. The van der Waals surface area contributed by atoms with Crippen molar-refractivity contribution in [2.75, 3.05) is 18.5 Å². The Balaban J connectivity index is 2.25. The Bertz CT molecular complexity index is 376. The molecule has 0 fully saturated rings. The number of hydrogen-bond acceptors (Lipinski definition) is 2. The predicted octanol–water partition coefficient (Wildman–Crippen LogP) is 2.14. The van der Waals surface area contributed by atoms with Crippen LogP contribution in [0.15, 0.2) is 18.2 Å². The Labute approximate surface area is 84.8 Å². The third-order valence-electron chi connectivity index (χ3n) is 2.83. The SMILES string of the molecule is CN(CC#N)c1ccc2c(c1)CCC2. The lowest BCUT2D eigenvalue weighted by Crippen LogP contribution is -2.16. The van der Waals surface area contributed by atoms with E-state index in [4.69, 9.17) is 5.26 Å². The normalized spacial score (nSPS) is 13.4. The summed E-state index contributed by atoms with van der Waals surface area (Å²) in [6, 6.07) is 8.69. The van der Waals surface area contributed by atoms with Gasteiger partial charge in [-0.3, -0.25) is 0 Å². The summed E-state index contributed by atoms with van der Waals surface area (Å²) in [5.74, 6) is 0. The molecule has 2 heteroatoms. The van der Waals surface area contributed by atoms with E-state index in [1.54, 1.807) is 0 Å².